The number of rotatable bonds is 5. The van der Waals surface area contributed by atoms with E-state index in [2.05, 4.69) is 10.3 Å². The molecule has 8 heteroatoms. The molecular formula is C19H15ClFN4O2-. The summed E-state index contributed by atoms with van der Waals surface area (Å²) in [6.07, 6.45) is 2.09. The number of nitriles is 1. The number of hydroxylamine groups is 1. The van der Waals surface area contributed by atoms with Crippen LogP contribution in [-0.4, -0.2) is 22.9 Å². The summed E-state index contributed by atoms with van der Waals surface area (Å²) in [5.74, 6) is -0.761. The van der Waals surface area contributed by atoms with Gasteiger partial charge in [0.25, 0.3) is 0 Å². The van der Waals surface area contributed by atoms with Crippen LogP contribution in [0.3, 0.4) is 0 Å². The Labute approximate surface area is 160 Å². The van der Waals surface area contributed by atoms with Crippen LogP contribution in [0.15, 0.2) is 30.3 Å². The normalized spacial score (nSPS) is 19.6. The monoisotopic (exact) mass is 385 g/mol. The lowest BCUT2D eigenvalue weighted by Gasteiger charge is -2.34. The van der Waals surface area contributed by atoms with Crippen LogP contribution >= 0.6 is 11.6 Å². The van der Waals surface area contributed by atoms with Gasteiger partial charge in [-0.2, -0.15) is 5.26 Å². The summed E-state index contributed by atoms with van der Waals surface area (Å²) < 4.78 is 14.3. The first-order valence-corrected chi connectivity index (χ1v) is 8.99. The van der Waals surface area contributed by atoms with Crippen molar-refractivity contribution in [2.24, 2.45) is 5.92 Å². The van der Waals surface area contributed by atoms with Crippen LogP contribution in [-0.2, 0) is 0 Å². The van der Waals surface area contributed by atoms with E-state index in [0.29, 0.717) is 11.3 Å². The highest BCUT2D eigenvalue weighted by atomic mass is 35.5. The minimum Gasteiger partial charge on any atom is -0.758 e. The Morgan fingerprint density at radius 3 is 2.85 bits per heavy atom. The van der Waals surface area contributed by atoms with E-state index >= 15 is 0 Å². The zero-order valence-corrected chi connectivity index (χ0v) is 14.9. The molecule has 0 saturated heterocycles. The van der Waals surface area contributed by atoms with Gasteiger partial charge in [0.1, 0.15) is 11.2 Å². The number of Topliss-reactive ketones (excluding diaryl/α,β-unsaturated/α-hetero) is 1. The molecule has 4 rings (SSSR count). The SMILES string of the molecule is N#Cc1cc(F)c(NC(CC2C(=O)c3ccccc3N2[O-])C2CC2)nc1Cl. The van der Waals surface area contributed by atoms with Gasteiger partial charge in [0.05, 0.1) is 11.6 Å². The second-order valence-electron chi connectivity index (χ2n) is 6.82. The third-order valence-electron chi connectivity index (χ3n) is 5.03. The van der Waals surface area contributed by atoms with Gasteiger partial charge in [0.2, 0.25) is 0 Å². The predicted octanol–water partition coefficient (Wildman–Crippen LogP) is 3.90. The molecule has 2 heterocycles. The number of nitrogens with one attached hydrogen (secondary N) is 1. The first-order valence-electron chi connectivity index (χ1n) is 8.62. The van der Waals surface area contributed by atoms with E-state index in [9.17, 15) is 14.4 Å². The minimum absolute atomic E-state index is 0.0464. The second kappa shape index (κ2) is 6.80. The third-order valence-corrected chi connectivity index (χ3v) is 5.32. The van der Waals surface area contributed by atoms with Crippen LogP contribution in [0.4, 0.5) is 15.9 Å². The maximum atomic E-state index is 14.3. The maximum Gasteiger partial charge on any atom is 0.186 e. The van der Waals surface area contributed by atoms with Crippen molar-refractivity contribution in [2.45, 2.75) is 31.3 Å². The number of hydrogen-bond donors (Lipinski definition) is 1. The molecule has 0 radical (unpaired) electrons. The molecule has 1 aliphatic heterocycles. The molecule has 1 N–H and O–H groups in total. The Morgan fingerprint density at radius 2 is 2.19 bits per heavy atom. The van der Waals surface area contributed by atoms with Gasteiger partial charge in [-0.3, -0.25) is 4.79 Å². The van der Waals surface area contributed by atoms with Crippen LogP contribution in [0, 0.1) is 28.3 Å². The van der Waals surface area contributed by atoms with Crippen molar-refractivity contribution in [2.75, 3.05) is 10.4 Å². The number of carbonyl (C=O) groups excluding carboxylic acids is 1. The molecule has 0 amide bonds. The quantitative estimate of drug-likeness (QED) is 0.785. The van der Waals surface area contributed by atoms with Crippen LogP contribution in [0.25, 0.3) is 0 Å². The molecule has 6 nitrogen and oxygen atoms in total. The lowest BCUT2D eigenvalue weighted by molar-refractivity contribution is 0.0966. The first kappa shape index (κ1) is 17.7. The van der Waals surface area contributed by atoms with Crippen molar-refractivity contribution >= 4 is 28.9 Å². The summed E-state index contributed by atoms with van der Waals surface area (Å²) in [6, 6.07) is 8.37. The van der Waals surface area contributed by atoms with Crippen molar-refractivity contribution in [3.05, 3.63) is 57.6 Å². The van der Waals surface area contributed by atoms with Crippen LogP contribution in [0.5, 0.6) is 0 Å². The zero-order valence-electron chi connectivity index (χ0n) is 14.2. The van der Waals surface area contributed by atoms with E-state index < -0.39 is 11.9 Å². The summed E-state index contributed by atoms with van der Waals surface area (Å²) >= 11 is 5.91. The Hall–Kier alpha value is -2.69. The Morgan fingerprint density at radius 1 is 1.44 bits per heavy atom. The molecule has 2 aliphatic rings. The molecule has 1 aromatic carbocycles. The summed E-state index contributed by atoms with van der Waals surface area (Å²) in [7, 11) is 0. The molecule has 2 aromatic rings. The van der Waals surface area contributed by atoms with E-state index in [0.717, 1.165) is 24.0 Å². The standard InChI is InChI=1S/C19H15ClFN4O2/c20-18-11(9-22)7-13(21)19(24-18)23-14(10-5-6-10)8-16-17(26)12-3-1-2-4-15(12)25(16)27/h1-4,7,10,14,16H,5-6,8H2,(H,23,24)/q-1. The largest absolute Gasteiger partial charge is 0.758 e. The third kappa shape index (κ3) is 3.22. The summed E-state index contributed by atoms with van der Waals surface area (Å²) in [5, 5.41) is 25.1. The fourth-order valence-corrected chi connectivity index (χ4v) is 3.64. The van der Waals surface area contributed by atoms with Crippen LogP contribution in [0.1, 0.15) is 35.2 Å². The fourth-order valence-electron chi connectivity index (χ4n) is 3.46. The molecule has 138 valence electrons. The van der Waals surface area contributed by atoms with Gasteiger partial charge in [0.15, 0.2) is 17.4 Å². The van der Waals surface area contributed by atoms with E-state index in [4.69, 9.17) is 16.9 Å². The molecule has 27 heavy (non-hydrogen) atoms. The van der Waals surface area contributed by atoms with Crippen molar-refractivity contribution in [3.8, 4) is 6.07 Å². The van der Waals surface area contributed by atoms with Gasteiger partial charge in [-0.15, -0.1) is 0 Å². The molecule has 2 unspecified atom stereocenters. The highest BCUT2D eigenvalue weighted by Crippen LogP contribution is 2.40. The van der Waals surface area contributed by atoms with Crippen molar-refractivity contribution in [1.29, 1.82) is 5.26 Å². The summed E-state index contributed by atoms with van der Waals surface area (Å²) in [6.45, 7) is 0. The number of ketones is 1. The highest BCUT2D eigenvalue weighted by molar-refractivity contribution is 6.30. The summed E-state index contributed by atoms with van der Waals surface area (Å²) in [5.41, 5.74) is 0.736. The fraction of sp³-hybridized carbons (Fsp3) is 0.316. The number of benzene rings is 1. The van der Waals surface area contributed by atoms with E-state index in [1.807, 2.05) is 0 Å². The van der Waals surface area contributed by atoms with E-state index in [1.54, 1.807) is 30.3 Å². The van der Waals surface area contributed by atoms with Crippen molar-refractivity contribution < 1.29 is 9.18 Å². The number of carbonyl (C=O) groups is 1. The van der Waals surface area contributed by atoms with E-state index in [-0.39, 0.29) is 40.7 Å². The predicted molar refractivity (Wildman–Crippen MR) is 99.1 cm³/mol. The average Bonchev–Trinajstić information content (AvgIpc) is 3.48. The Kier molecular flexibility index (Phi) is 4.46. The number of hydrogen-bond acceptors (Lipinski definition) is 6. The lowest BCUT2D eigenvalue weighted by atomic mass is 9.99. The van der Waals surface area contributed by atoms with Gasteiger partial charge in [-0.05, 0) is 43.4 Å². The van der Waals surface area contributed by atoms with Gasteiger partial charge in [0, 0.05) is 17.3 Å². The number of halogens is 2. The molecule has 1 saturated carbocycles. The molecule has 0 bridgehead atoms. The summed E-state index contributed by atoms with van der Waals surface area (Å²) in [4.78, 5) is 16.6. The molecule has 1 aromatic heterocycles. The van der Waals surface area contributed by atoms with Crippen LogP contribution < -0.4 is 10.4 Å². The molecule has 2 atom stereocenters. The van der Waals surface area contributed by atoms with Gasteiger partial charge < -0.3 is 15.6 Å². The van der Waals surface area contributed by atoms with E-state index in [1.165, 1.54) is 0 Å². The van der Waals surface area contributed by atoms with Gasteiger partial charge >= 0.3 is 0 Å². The number of fused-ring (bicyclic) bond motifs is 1. The van der Waals surface area contributed by atoms with Crippen molar-refractivity contribution in [1.82, 2.24) is 4.98 Å². The van der Waals surface area contributed by atoms with Gasteiger partial charge in [-0.25, -0.2) is 9.37 Å². The smallest absolute Gasteiger partial charge is 0.186 e. The molecule has 0 spiro atoms. The minimum atomic E-state index is -0.850. The molecule has 1 fully saturated rings. The van der Waals surface area contributed by atoms with Crippen molar-refractivity contribution in [3.63, 3.8) is 0 Å². The second-order valence-corrected chi connectivity index (χ2v) is 7.17. The zero-order chi connectivity index (χ0) is 19.1. The van der Waals surface area contributed by atoms with Gasteiger partial charge in [-0.1, -0.05) is 23.7 Å². The number of anilines is 2. The first-order chi connectivity index (χ1) is 13.0. The Bertz CT molecular complexity index is 957. The number of para-hydroxylation sites is 1. The lowest BCUT2D eigenvalue weighted by Crippen LogP contribution is -2.38. The highest BCUT2D eigenvalue weighted by Gasteiger charge is 2.39. The van der Waals surface area contributed by atoms with Crippen LogP contribution in [0.2, 0.25) is 5.15 Å². The molecule has 1 aliphatic carbocycles. The number of aromatic nitrogens is 1. The number of pyridine rings is 1. The average molecular weight is 386 g/mol. The Balaban J connectivity index is 1.56. The molecular weight excluding hydrogens is 371 g/mol. The number of nitrogens with zero attached hydrogens (tertiary/aromatic N) is 3. The topological polar surface area (TPSA) is 92.1 Å². The maximum absolute atomic E-state index is 14.3.